The predicted octanol–water partition coefficient (Wildman–Crippen LogP) is 5.27. The van der Waals surface area contributed by atoms with Crippen LogP contribution in [-0.2, 0) is 23.9 Å². The van der Waals surface area contributed by atoms with Gasteiger partial charge in [-0.1, -0.05) is 26.3 Å². The summed E-state index contributed by atoms with van der Waals surface area (Å²) in [7, 11) is 1.44. The second-order valence-electron chi connectivity index (χ2n) is 11.4. The Labute approximate surface area is 192 Å². The van der Waals surface area contributed by atoms with Gasteiger partial charge in [0.2, 0.25) is 0 Å². The van der Waals surface area contributed by atoms with E-state index in [1.54, 1.807) is 0 Å². The standard InChI is InChI=1S/C27H40O5/c1-16(6-11-25(30)31-5)21-9-10-22-20-8-7-18-14-19(32-17(2)28)12-13-26(18,3)23(20)15-24(29)27(21,22)4/h15-16,18-22H,6-14H2,1-5H3/t16-,18+,19+,20?,21?,22?,26+,27-/m1/s1. The van der Waals surface area contributed by atoms with Crippen LogP contribution in [-0.4, -0.2) is 30.9 Å². The van der Waals surface area contributed by atoms with Gasteiger partial charge in [-0.15, -0.1) is 0 Å². The summed E-state index contributed by atoms with van der Waals surface area (Å²) in [6, 6.07) is 0. The number of methoxy groups -OCH3 is 1. The smallest absolute Gasteiger partial charge is 0.305 e. The molecule has 3 unspecified atom stereocenters. The van der Waals surface area contributed by atoms with Crippen LogP contribution in [0.2, 0.25) is 0 Å². The quantitative estimate of drug-likeness (QED) is 0.541. The molecule has 32 heavy (non-hydrogen) atoms. The first-order chi connectivity index (χ1) is 15.1. The number of esters is 2. The van der Waals surface area contributed by atoms with Crippen LogP contribution in [0.3, 0.4) is 0 Å². The minimum atomic E-state index is -0.318. The SMILES string of the molecule is COC(=O)CC[C@@H](C)C1CCC2C3CC[C@H]4C[C@@H](OC(C)=O)CC[C@]4(C)C3=CC(=O)[C@@]21C. The molecule has 8 atom stereocenters. The lowest BCUT2D eigenvalue weighted by atomic mass is 9.48. The first-order valence-corrected chi connectivity index (χ1v) is 12.6. The summed E-state index contributed by atoms with van der Waals surface area (Å²) < 4.78 is 10.4. The maximum atomic E-state index is 13.8. The molecule has 4 aliphatic rings. The third-order valence-electron chi connectivity index (χ3n) is 10.0. The highest BCUT2D eigenvalue weighted by Gasteiger charge is 2.61. The molecule has 0 aromatic carbocycles. The average Bonchev–Trinajstić information content (AvgIpc) is 3.11. The zero-order valence-corrected chi connectivity index (χ0v) is 20.4. The normalized spacial score (nSPS) is 41.6. The van der Waals surface area contributed by atoms with E-state index >= 15 is 0 Å². The van der Waals surface area contributed by atoms with Gasteiger partial charge in [-0.05, 0) is 92.4 Å². The van der Waals surface area contributed by atoms with Crippen molar-refractivity contribution in [3.63, 3.8) is 0 Å². The highest BCUT2D eigenvalue weighted by atomic mass is 16.5. The molecule has 5 heteroatoms. The van der Waals surface area contributed by atoms with E-state index in [9.17, 15) is 14.4 Å². The third-order valence-corrected chi connectivity index (χ3v) is 10.0. The molecule has 3 fully saturated rings. The molecule has 3 saturated carbocycles. The summed E-state index contributed by atoms with van der Waals surface area (Å²) in [6.45, 7) is 8.28. The van der Waals surface area contributed by atoms with E-state index in [4.69, 9.17) is 9.47 Å². The van der Waals surface area contributed by atoms with Gasteiger partial charge in [-0.2, -0.15) is 0 Å². The molecular weight excluding hydrogens is 404 g/mol. The van der Waals surface area contributed by atoms with Crippen molar-refractivity contribution in [1.82, 2.24) is 0 Å². The number of carbonyl (C=O) groups is 3. The van der Waals surface area contributed by atoms with E-state index < -0.39 is 0 Å². The van der Waals surface area contributed by atoms with Crippen LogP contribution in [0, 0.1) is 40.4 Å². The Morgan fingerprint density at radius 2 is 1.91 bits per heavy atom. The Morgan fingerprint density at radius 1 is 1.16 bits per heavy atom. The van der Waals surface area contributed by atoms with Crippen LogP contribution in [0.15, 0.2) is 11.6 Å². The highest BCUT2D eigenvalue weighted by Crippen LogP contribution is 2.65. The predicted molar refractivity (Wildman–Crippen MR) is 122 cm³/mol. The van der Waals surface area contributed by atoms with Gasteiger partial charge in [0.1, 0.15) is 6.10 Å². The molecule has 0 amide bonds. The second-order valence-corrected chi connectivity index (χ2v) is 11.4. The number of fused-ring (bicyclic) bond motifs is 5. The topological polar surface area (TPSA) is 69.7 Å². The summed E-state index contributed by atoms with van der Waals surface area (Å²) in [5, 5.41) is 0. The van der Waals surface area contributed by atoms with Crippen molar-refractivity contribution in [1.29, 1.82) is 0 Å². The molecule has 0 N–H and O–H groups in total. The number of allylic oxidation sites excluding steroid dienone is 2. The molecule has 0 bridgehead atoms. The van der Waals surface area contributed by atoms with Crippen molar-refractivity contribution >= 4 is 17.7 Å². The highest BCUT2D eigenvalue weighted by molar-refractivity contribution is 5.97. The van der Waals surface area contributed by atoms with E-state index in [2.05, 4.69) is 20.8 Å². The van der Waals surface area contributed by atoms with E-state index in [0.29, 0.717) is 41.8 Å². The lowest BCUT2D eigenvalue weighted by Gasteiger charge is -2.56. The minimum absolute atomic E-state index is 0.0267. The van der Waals surface area contributed by atoms with Gasteiger partial charge in [-0.25, -0.2) is 0 Å². The number of ether oxygens (including phenoxy) is 2. The molecule has 0 spiro atoms. The van der Waals surface area contributed by atoms with Gasteiger partial charge in [0.25, 0.3) is 0 Å². The van der Waals surface area contributed by atoms with Gasteiger partial charge in [0, 0.05) is 18.8 Å². The molecule has 178 valence electrons. The molecular formula is C27H40O5. The summed E-state index contributed by atoms with van der Waals surface area (Å²) in [6.07, 6.45) is 10.5. The van der Waals surface area contributed by atoms with Crippen LogP contribution in [0.4, 0.5) is 0 Å². The monoisotopic (exact) mass is 444 g/mol. The first-order valence-electron chi connectivity index (χ1n) is 12.6. The van der Waals surface area contributed by atoms with Crippen molar-refractivity contribution in [2.24, 2.45) is 40.4 Å². The van der Waals surface area contributed by atoms with E-state index in [-0.39, 0.29) is 28.9 Å². The summed E-state index contributed by atoms with van der Waals surface area (Å²) >= 11 is 0. The number of hydrogen-bond donors (Lipinski definition) is 0. The number of rotatable bonds is 5. The minimum Gasteiger partial charge on any atom is -0.469 e. The van der Waals surface area contributed by atoms with Gasteiger partial charge >= 0.3 is 11.9 Å². The fourth-order valence-corrected chi connectivity index (χ4v) is 8.21. The van der Waals surface area contributed by atoms with Gasteiger partial charge < -0.3 is 9.47 Å². The Bertz CT molecular complexity index is 815. The van der Waals surface area contributed by atoms with E-state index in [1.165, 1.54) is 19.6 Å². The molecule has 4 rings (SSSR count). The Kier molecular flexibility index (Phi) is 6.32. The number of carbonyl (C=O) groups excluding carboxylic acids is 3. The number of hydrogen-bond acceptors (Lipinski definition) is 5. The zero-order valence-electron chi connectivity index (χ0n) is 20.4. The maximum absolute atomic E-state index is 13.8. The Balaban J connectivity index is 1.56. The maximum Gasteiger partial charge on any atom is 0.305 e. The van der Waals surface area contributed by atoms with Crippen molar-refractivity contribution in [2.75, 3.05) is 7.11 Å². The fourth-order valence-electron chi connectivity index (χ4n) is 8.21. The third kappa shape index (κ3) is 3.74. The van der Waals surface area contributed by atoms with Gasteiger partial charge in [0.05, 0.1) is 7.11 Å². The van der Waals surface area contributed by atoms with Crippen LogP contribution >= 0.6 is 0 Å². The zero-order chi connectivity index (χ0) is 23.3. The lowest BCUT2D eigenvalue weighted by Crippen LogP contribution is -2.52. The molecule has 0 radical (unpaired) electrons. The van der Waals surface area contributed by atoms with E-state index in [0.717, 1.165) is 51.4 Å². The molecule has 0 aliphatic heterocycles. The molecule has 0 heterocycles. The average molecular weight is 445 g/mol. The summed E-state index contributed by atoms with van der Waals surface area (Å²) in [4.78, 5) is 36.9. The first kappa shape index (κ1) is 23.5. The van der Waals surface area contributed by atoms with Gasteiger partial charge in [-0.3, -0.25) is 14.4 Å². The van der Waals surface area contributed by atoms with Crippen LogP contribution in [0.1, 0.15) is 85.5 Å². The molecule has 0 aromatic heterocycles. The second kappa shape index (κ2) is 8.61. The molecule has 4 aliphatic carbocycles. The Morgan fingerprint density at radius 3 is 2.59 bits per heavy atom. The van der Waals surface area contributed by atoms with E-state index in [1.807, 2.05) is 6.08 Å². The summed E-state index contributed by atoms with van der Waals surface area (Å²) in [5.41, 5.74) is 1.12. The van der Waals surface area contributed by atoms with Crippen molar-refractivity contribution in [2.45, 2.75) is 91.6 Å². The van der Waals surface area contributed by atoms with Crippen LogP contribution < -0.4 is 0 Å². The largest absolute Gasteiger partial charge is 0.469 e. The molecule has 0 saturated heterocycles. The van der Waals surface area contributed by atoms with Crippen molar-refractivity contribution in [3.8, 4) is 0 Å². The Hall–Kier alpha value is -1.65. The van der Waals surface area contributed by atoms with Crippen LogP contribution in [0.5, 0.6) is 0 Å². The summed E-state index contributed by atoms with van der Waals surface area (Å²) in [5.74, 6) is 1.99. The van der Waals surface area contributed by atoms with Gasteiger partial charge in [0.15, 0.2) is 5.78 Å². The lowest BCUT2D eigenvalue weighted by molar-refractivity contribution is -0.151. The fraction of sp³-hybridized carbons (Fsp3) is 0.815. The van der Waals surface area contributed by atoms with Crippen molar-refractivity contribution < 1.29 is 23.9 Å². The van der Waals surface area contributed by atoms with Crippen LogP contribution in [0.25, 0.3) is 0 Å². The molecule has 5 nitrogen and oxygen atoms in total. The molecule has 0 aromatic rings. The van der Waals surface area contributed by atoms with Crippen molar-refractivity contribution in [3.05, 3.63) is 11.6 Å². The number of ketones is 1.